The second-order valence-corrected chi connectivity index (χ2v) is 6.37. The number of nitrogens with zero attached hydrogens (tertiary/aromatic N) is 1. The van der Waals surface area contributed by atoms with E-state index in [1.54, 1.807) is 12.4 Å². The maximum absolute atomic E-state index is 12.3. The number of anilines is 1. The third-order valence-electron chi connectivity index (χ3n) is 4.69. The molecule has 120 valence electrons. The van der Waals surface area contributed by atoms with Gasteiger partial charge in [-0.1, -0.05) is 18.6 Å². The number of hydrogen-bond acceptors (Lipinski definition) is 3. The molecule has 1 aromatic carbocycles. The van der Waals surface area contributed by atoms with Crippen LogP contribution in [-0.2, 0) is 4.79 Å². The molecule has 1 aliphatic rings. The Balaban J connectivity index is 1.73. The fourth-order valence-electron chi connectivity index (χ4n) is 3.24. The minimum absolute atomic E-state index is 0.0577. The van der Waals surface area contributed by atoms with Crippen LogP contribution in [-0.4, -0.2) is 16.9 Å². The zero-order chi connectivity index (χ0) is 16.2. The summed E-state index contributed by atoms with van der Waals surface area (Å²) in [7, 11) is 0. The summed E-state index contributed by atoms with van der Waals surface area (Å²) < 4.78 is 0. The Morgan fingerprint density at radius 3 is 2.70 bits per heavy atom. The van der Waals surface area contributed by atoms with Crippen LogP contribution in [0.25, 0.3) is 11.1 Å². The van der Waals surface area contributed by atoms with Crippen LogP contribution in [0.15, 0.2) is 42.7 Å². The Hall–Kier alpha value is -2.20. The summed E-state index contributed by atoms with van der Waals surface area (Å²) in [6.07, 6.45) is 7.29. The summed E-state index contributed by atoms with van der Waals surface area (Å²) >= 11 is 0. The van der Waals surface area contributed by atoms with E-state index in [-0.39, 0.29) is 11.9 Å². The van der Waals surface area contributed by atoms with Crippen LogP contribution in [0.4, 0.5) is 5.69 Å². The highest BCUT2D eigenvalue weighted by Gasteiger charge is 2.26. The summed E-state index contributed by atoms with van der Waals surface area (Å²) in [5, 5.41) is 3.06. The number of hydrogen-bond donors (Lipinski definition) is 2. The summed E-state index contributed by atoms with van der Waals surface area (Å²) in [6.45, 7) is 2.01. The molecule has 1 aliphatic carbocycles. The Morgan fingerprint density at radius 2 is 2.00 bits per heavy atom. The number of nitrogens with two attached hydrogens (primary N) is 1. The molecule has 1 saturated carbocycles. The lowest BCUT2D eigenvalue weighted by atomic mass is 9.99. The van der Waals surface area contributed by atoms with Crippen molar-refractivity contribution in [2.24, 2.45) is 11.7 Å². The van der Waals surface area contributed by atoms with Crippen LogP contribution in [0.3, 0.4) is 0 Å². The van der Waals surface area contributed by atoms with E-state index >= 15 is 0 Å². The molecule has 0 spiro atoms. The molecule has 23 heavy (non-hydrogen) atoms. The summed E-state index contributed by atoms with van der Waals surface area (Å²) in [5.41, 5.74) is 10.2. The molecule has 3 N–H and O–H groups in total. The van der Waals surface area contributed by atoms with E-state index in [1.807, 2.05) is 31.2 Å². The summed E-state index contributed by atoms with van der Waals surface area (Å²) in [6, 6.07) is 10.2. The van der Waals surface area contributed by atoms with Gasteiger partial charge in [-0.3, -0.25) is 9.78 Å². The molecule has 3 rings (SSSR count). The fourth-order valence-corrected chi connectivity index (χ4v) is 3.24. The molecule has 1 fully saturated rings. The van der Waals surface area contributed by atoms with E-state index < -0.39 is 0 Å². The van der Waals surface area contributed by atoms with E-state index in [2.05, 4.69) is 16.4 Å². The first-order valence-corrected chi connectivity index (χ1v) is 8.20. The Kier molecular flexibility index (Phi) is 4.72. The largest absolute Gasteiger partial charge is 0.327 e. The number of benzene rings is 1. The molecular weight excluding hydrogens is 286 g/mol. The highest BCUT2D eigenvalue weighted by molar-refractivity contribution is 5.92. The minimum atomic E-state index is 0.0577. The molecule has 1 aromatic heterocycles. The average molecular weight is 309 g/mol. The number of aryl methyl sites for hydroxylation is 1. The van der Waals surface area contributed by atoms with Crippen molar-refractivity contribution in [3.63, 3.8) is 0 Å². The quantitative estimate of drug-likeness (QED) is 0.908. The number of pyridine rings is 1. The number of rotatable bonds is 4. The molecule has 1 amide bonds. The predicted molar refractivity (Wildman–Crippen MR) is 93.0 cm³/mol. The van der Waals surface area contributed by atoms with Gasteiger partial charge in [-0.2, -0.15) is 0 Å². The molecular formula is C19H23N3O. The predicted octanol–water partition coefficient (Wildman–Crippen LogP) is 3.51. The number of amides is 1. The van der Waals surface area contributed by atoms with Gasteiger partial charge >= 0.3 is 0 Å². The third kappa shape index (κ3) is 3.77. The topological polar surface area (TPSA) is 68.0 Å². The summed E-state index contributed by atoms with van der Waals surface area (Å²) in [5.74, 6) is 0.376. The monoisotopic (exact) mass is 309 g/mol. The van der Waals surface area contributed by atoms with Crippen molar-refractivity contribution in [3.8, 4) is 11.1 Å². The lowest BCUT2D eigenvalue weighted by Gasteiger charge is -2.16. The maximum atomic E-state index is 12.3. The maximum Gasteiger partial charge on any atom is 0.224 e. The van der Waals surface area contributed by atoms with Crippen molar-refractivity contribution in [1.82, 2.24) is 4.98 Å². The van der Waals surface area contributed by atoms with Gasteiger partial charge in [0.15, 0.2) is 0 Å². The number of aromatic nitrogens is 1. The fraction of sp³-hybridized carbons (Fsp3) is 0.368. The highest BCUT2D eigenvalue weighted by Crippen LogP contribution is 2.28. The smallest absolute Gasteiger partial charge is 0.224 e. The molecule has 1 heterocycles. The van der Waals surface area contributed by atoms with Crippen molar-refractivity contribution < 1.29 is 4.79 Å². The van der Waals surface area contributed by atoms with E-state index in [0.717, 1.165) is 41.6 Å². The number of nitrogens with one attached hydrogen (secondary N) is 1. The van der Waals surface area contributed by atoms with Crippen LogP contribution in [0.1, 0.15) is 31.2 Å². The standard InChI is InChI=1S/C19H23N3O/c1-13-5-6-15(14-7-9-21-10-8-14)11-18(13)22-19(23)12-16-3-2-4-17(16)20/h5-11,16-17H,2-4,12,20H2,1H3,(H,22,23)/t16-,17+/m0/s1. The first-order chi connectivity index (χ1) is 11.1. The van der Waals surface area contributed by atoms with E-state index in [4.69, 9.17) is 5.73 Å². The van der Waals surface area contributed by atoms with Gasteiger partial charge in [0.05, 0.1) is 0 Å². The molecule has 0 saturated heterocycles. The summed E-state index contributed by atoms with van der Waals surface area (Å²) in [4.78, 5) is 16.4. The highest BCUT2D eigenvalue weighted by atomic mass is 16.1. The average Bonchev–Trinajstić information content (AvgIpc) is 2.95. The van der Waals surface area contributed by atoms with Crippen molar-refractivity contribution in [3.05, 3.63) is 48.3 Å². The molecule has 0 unspecified atom stereocenters. The Morgan fingerprint density at radius 1 is 1.22 bits per heavy atom. The van der Waals surface area contributed by atoms with E-state index in [9.17, 15) is 4.79 Å². The van der Waals surface area contributed by atoms with Gasteiger partial charge in [0.1, 0.15) is 0 Å². The zero-order valence-electron chi connectivity index (χ0n) is 13.5. The van der Waals surface area contributed by atoms with Crippen LogP contribution >= 0.6 is 0 Å². The molecule has 0 radical (unpaired) electrons. The molecule has 0 aliphatic heterocycles. The Labute approximate surface area is 137 Å². The van der Waals surface area contributed by atoms with E-state index in [1.165, 1.54) is 0 Å². The normalized spacial score (nSPS) is 20.4. The second-order valence-electron chi connectivity index (χ2n) is 6.37. The van der Waals surface area contributed by atoms with Crippen molar-refractivity contribution in [1.29, 1.82) is 0 Å². The number of carbonyl (C=O) groups excluding carboxylic acids is 1. The first kappa shape index (κ1) is 15.7. The van der Waals surface area contributed by atoms with Crippen LogP contribution in [0.5, 0.6) is 0 Å². The van der Waals surface area contributed by atoms with Crippen LogP contribution in [0, 0.1) is 12.8 Å². The molecule has 0 bridgehead atoms. The van der Waals surface area contributed by atoms with E-state index in [0.29, 0.717) is 12.3 Å². The molecule has 4 nitrogen and oxygen atoms in total. The molecule has 2 aromatic rings. The van der Waals surface area contributed by atoms with Gasteiger partial charge < -0.3 is 11.1 Å². The molecule has 4 heteroatoms. The van der Waals surface area contributed by atoms with Gasteiger partial charge in [0.25, 0.3) is 0 Å². The third-order valence-corrected chi connectivity index (χ3v) is 4.69. The first-order valence-electron chi connectivity index (χ1n) is 8.20. The second kappa shape index (κ2) is 6.92. The Bertz CT molecular complexity index is 684. The van der Waals surface area contributed by atoms with Crippen molar-refractivity contribution in [2.75, 3.05) is 5.32 Å². The zero-order valence-corrected chi connectivity index (χ0v) is 13.5. The van der Waals surface area contributed by atoms with Gasteiger partial charge in [0.2, 0.25) is 5.91 Å². The lowest BCUT2D eigenvalue weighted by Crippen LogP contribution is -2.28. The van der Waals surface area contributed by atoms with Gasteiger partial charge in [-0.15, -0.1) is 0 Å². The molecule has 2 atom stereocenters. The van der Waals surface area contributed by atoms with Crippen LogP contribution in [0.2, 0.25) is 0 Å². The van der Waals surface area contributed by atoms with Crippen LogP contribution < -0.4 is 11.1 Å². The van der Waals surface area contributed by atoms with Crippen molar-refractivity contribution >= 4 is 11.6 Å². The van der Waals surface area contributed by atoms with Gasteiger partial charge in [0, 0.05) is 30.5 Å². The van der Waals surface area contributed by atoms with Gasteiger partial charge in [-0.25, -0.2) is 0 Å². The SMILES string of the molecule is Cc1ccc(-c2ccncc2)cc1NC(=O)C[C@@H]1CCC[C@H]1N. The van der Waals surface area contributed by atoms with Crippen molar-refractivity contribution in [2.45, 2.75) is 38.6 Å². The van der Waals surface area contributed by atoms with Gasteiger partial charge in [-0.05, 0) is 60.6 Å². The minimum Gasteiger partial charge on any atom is -0.327 e. The lowest BCUT2D eigenvalue weighted by molar-refractivity contribution is -0.117. The number of carbonyl (C=O) groups is 1.